The minimum absolute atomic E-state index is 0.0279. The molecule has 25 heavy (non-hydrogen) atoms. The van der Waals surface area contributed by atoms with E-state index in [9.17, 15) is 14.7 Å². The first-order valence-corrected chi connectivity index (χ1v) is 8.79. The molecule has 3 rings (SSSR count). The third-order valence-corrected chi connectivity index (χ3v) is 4.91. The van der Waals surface area contributed by atoms with E-state index < -0.39 is 18.0 Å². The molecule has 3 N–H and O–H groups in total. The number of hydrogen-bond donors (Lipinski definition) is 3. The maximum atomic E-state index is 12.7. The Morgan fingerprint density at radius 3 is 2.68 bits per heavy atom. The van der Waals surface area contributed by atoms with E-state index >= 15 is 0 Å². The smallest absolute Gasteiger partial charge is 0.338 e. The van der Waals surface area contributed by atoms with Gasteiger partial charge in [0.05, 0.1) is 18.2 Å². The molecule has 0 aromatic heterocycles. The van der Waals surface area contributed by atoms with Gasteiger partial charge in [-0.2, -0.15) is 0 Å². The van der Waals surface area contributed by atoms with E-state index in [2.05, 4.69) is 10.6 Å². The van der Waals surface area contributed by atoms with E-state index in [1.807, 2.05) is 0 Å². The van der Waals surface area contributed by atoms with Gasteiger partial charge in [-0.1, -0.05) is 37.5 Å². The number of para-hydroxylation sites is 1. The summed E-state index contributed by atoms with van der Waals surface area (Å²) in [4.78, 5) is 24.6. The first-order valence-electron chi connectivity index (χ1n) is 8.79. The summed E-state index contributed by atoms with van der Waals surface area (Å²) in [6.45, 7) is 2.07. The van der Waals surface area contributed by atoms with Crippen LogP contribution in [0.3, 0.4) is 0 Å². The molecule has 2 amide bonds. The van der Waals surface area contributed by atoms with Gasteiger partial charge >= 0.3 is 12.0 Å². The Morgan fingerprint density at radius 2 is 1.96 bits per heavy atom. The number of ether oxygens (including phenoxy) is 1. The predicted molar refractivity (Wildman–Crippen MR) is 92.7 cm³/mol. The number of urea groups is 1. The van der Waals surface area contributed by atoms with Gasteiger partial charge in [0.1, 0.15) is 5.75 Å². The van der Waals surface area contributed by atoms with Crippen molar-refractivity contribution in [3.05, 3.63) is 41.1 Å². The van der Waals surface area contributed by atoms with Crippen LogP contribution < -0.4 is 10.6 Å². The molecule has 0 radical (unpaired) electrons. The van der Waals surface area contributed by atoms with Crippen LogP contribution in [-0.4, -0.2) is 23.7 Å². The number of carbonyl (C=O) groups is 2. The summed E-state index contributed by atoms with van der Waals surface area (Å²) < 4.78 is 5.55. The Hall–Kier alpha value is -2.50. The molecule has 134 valence electrons. The Labute approximate surface area is 147 Å². The van der Waals surface area contributed by atoms with Crippen molar-refractivity contribution < 1.29 is 19.4 Å². The SMILES string of the molecule is CC1=C(C(=O)OCC2CCCCC2)C(c2ccccc2O)NC(=O)N1. The second-order valence-corrected chi connectivity index (χ2v) is 6.73. The van der Waals surface area contributed by atoms with Crippen molar-refractivity contribution in [3.8, 4) is 5.75 Å². The fourth-order valence-electron chi connectivity index (χ4n) is 3.55. The van der Waals surface area contributed by atoms with E-state index in [4.69, 9.17) is 4.74 Å². The number of carbonyl (C=O) groups excluding carboxylic acids is 2. The fourth-order valence-corrected chi connectivity index (χ4v) is 3.55. The maximum Gasteiger partial charge on any atom is 0.338 e. The number of phenolic OH excluding ortho intramolecular Hbond substituents is 1. The molecule has 0 spiro atoms. The van der Waals surface area contributed by atoms with Crippen LogP contribution in [0.1, 0.15) is 50.6 Å². The van der Waals surface area contributed by atoms with E-state index in [-0.39, 0.29) is 5.75 Å². The number of esters is 1. The molecule has 1 heterocycles. The van der Waals surface area contributed by atoms with Gasteiger partial charge in [-0.15, -0.1) is 0 Å². The first-order chi connectivity index (χ1) is 12.1. The summed E-state index contributed by atoms with van der Waals surface area (Å²) in [6, 6.07) is 5.53. The molecule has 2 aliphatic rings. The summed E-state index contributed by atoms with van der Waals surface area (Å²) in [5.74, 6) is -0.0165. The third kappa shape index (κ3) is 3.95. The number of nitrogens with one attached hydrogen (secondary N) is 2. The summed E-state index contributed by atoms with van der Waals surface area (Å²) in [5, 5.41) is 15.4. The molecular weight excluding hydrogens is 320 g/mol. The molecule has 1 atom stereocenters. The number of benzene rings is 1. The van der Waals surface area contributed by atoms with Crippen LogP contribution in [0.5, 0.6) is 5.75 Å². The second-order valence-electron chi connectivity index (χ2n) is 6.73. The first kappa shape index (κ1) is 17.3. The summed E-state index contributed by atoms with van der Waals surface area (Å²) >= 11 is 0. The zero-order valence-corrected chi connectivity index (χ0v) is 14.4. The average Bonchev–Trinajstić information content (AvgIpc) is 2.60. The summed E-state index contributed by atoms with van der Waals surface area (Å²) in [7, 11) is 0. The number of rotatable bonds is 4. The second kappa shape index (κ2) is 7.59. The monoisotopic (exact) mass is 344 g/mol. The number of allylic oxidation sites excluding steroid dienone is 1. The summed E-state index contributed by atoms with van der Waals surface area (Å²) in [6.07, 6.45) is 5.79. The highest BCUT2D eigenvalue weighted by atomic mass is 16.5. The Morgan fingerprint density at radius 1 is 1.24 bits per heavy atom. The van der Waals surface area contributed by atoms with Gasteiger partial charge in [0.15, 0.2) is 0 Å². The van der Waals surface area contributed by atoms with E-state index in [0.717, 1.165) is 12.8 Å². The minimum atomic E-state index is -0.728. The lowest BCUT2D eigenvalue weighted by molar-refractivity contribution is -0.141. The Bertz CT molecular complexity index is 692. The molecule has 1 saturated carbocycles. The van der Waals surface area contributed by atoms with Crippen molar-refractivity contribution in [2.24, 2.45) is 5.92 Å². The quantitative estimate of drug-likeness (QED) is 0.732. The number of hydrogen-bond acceptors (Lipinski definition) is 4. The highest BCUT2D eigenvalue weighted by molar-refractivity contribution is 5.95. The Balaban J connectivity index is 1.79. The highest BCUT2D eigenvalue weighted by Crippen LogP contribution is 2.33. The zero-order chi connectivity index (χ0) is 17.8. The van der Waals surface area contributed by atoms with Gasteiger partial charge < -0.3 is 20.5 Å². The summed E-state index contributed by atoms with van der Waals surface area (Å²) in [5.41, 5.74) is 1.25. The van der Waals surface area contributed by atoms with E-state index in [1.54, 1.807) is 25.1 Å². The normalized spacial score (nSPS) is 21.5. The number of aromatic hydroxyl groups is 1. The van der Waals surface area contributed by atoms with Crippen LogP contribution in [-0.2, 0) is 9.53 Å². The fraction of sp³-hybridized carbons (Fsp3) is 0.474. The molecule has 1 aromatic carbocycles. The van der Waals surface area contributed by atoms with Crippen molar-refractivity contribution >= 4 is 12.0 Å². The Kier molecular flexibility index (Phi) is 5.26. The van der Waals surface area contributed by atoms with Crippen molar-refractivity contribution in [1.82, 2.24) is 10.6 Å². The molecule has 6 heteroatoms. The molecule has 1 unspecified atom stereocenters. The standard InChI is InChI=1S/C19H24N2O4/c1-12-16(18(23)25-11-13-7-3-2-4-8-13)17(21-19(24)20-12)14-9-5-6-10-15(14)22/h5-6,9-10,13,17,22H,2-4,7-8,11H2,1H3,(H2,20,21,24). The molecular formula is C19H24N2O4. The van der Waals surface area contributed by atoms with Gasteiger partial charge in [-0.05, 0) is 31.7 Å². The van der Waals surface area contributed by atoms with E-state index in [0.29, 0.717) is 29.4 Å². The minimum Gasteiger partial charge on any atom is -0.508 e. The molecule has 0 saturated heterocycles. The van der Waals surface area contributed by atoms with Crippen molar-refractivity contribution in [2.45, 2.75) is 45.1 Å². The molecule has 1 aliphatic heterocycles. The largest absolute Gasteiger partial charge is 0.508 e. The lowest BCUT2D eigenvalue weighted by Crippen LogP contribution is -2.45. The van der Waals surface area contributed by atoms with Gasteiger partial charge in [-0.25, -0.2) is 9.59 Å². The number of phenols is 1. The van der Waals surface area contributed by atoms with Crippen LogP contribution in [0.4, 0.5) is 4.79 Å². The van der Waals surface area contributed by atoms with Gasteiger partial charge in [0, 0.05) is 11.3 Å². The van der Waals surface area contributed by atoms with Crippen molar-refractivity contribution in [3.63, 3.8) is 0 Å². The van der Waals surface area contributed by atoms with Crippen molar-refractivity contribution in [2.75, 3.05) is 6.61 Å². The van der Waals surface area contributed by atoms with Crippen LogP contribution in [0, 0.1) is 5.92 Å². The average molecular weight is 344 g/mol. The molecule has 1 aromatic rings. The van der Waals surface area contributed by atoms with Crippen LogP contribution >= 0.6 is 0 Å². The number of amides is 2. The lowest BCUT2D eigenvalue weighted by Gasteiger charge is -2.29. The van der Waals surface area contributed by atoms with Gasteiger partial charge in [0.2, 0.25) is 0 Å². The zero-order valence-electron chi connectivity index (χ0n) is 14.4. The predicted octanol–water partition coefficient (Wildman–Crippen LogP) is 3.14. The molecule has 1 aliphatic carbocycles. The topological polar surface area (TPSA) is 87.7 Å². The molecule has 0 bridgehead atoms. The molecule has 6 nitrogen and oxygen atoms in total. The van der Waals surface area contributed by atoms with Crippen molar-refractivity contribution in [1.29, 1.82) is 0 Å². The van der Waals surface area contributed by atoms with Crippen LogP contribution in [0.15, 0.2) is 35.5 Å². The third-order valence-electron chi connectivity index (χ3n) is 4.91. The lowest BCUT2D eigenvalue weighted by atomic mass is 9.90. The highest BCUT2D eigenvalue weighted by Gasteiger charge is 2.33. The maximum absolute atomic E-state index is 12.7. The van der Waals surface area contributed by atoms with Crippen LogP contribution in [0.25, 0.3) is 0 Å². The van der Waals surface area contributed by atoms with Crippen LogP contribution in [0.2, 0.25) is 0 Å². The van der Waals surface area contributed by atoms with E-state index in [1.165, 1.54) is 25.3 Å². The van der Waals surface area contributed by atoms with Gasteiger partial charge in [-0.3, -0.25) is 0 Å². The molecule has 1 fully saturated rings. The van der Waals surface area contributed by atoms with Gasteiger partial charge in [0.25, 0.3) is 0 Å².